The Bertz CT molecular complexity index is 536. The van der Waals surface area contributed by atoms with Gasteiger partial charge >= 0.3 is 6.03 Å². The molecule has 0 bridgehead atoms. The highest BCUT2D eigenvalue weighted by atomic mass is 16.6. The van der Waals surface area contributed by atoms with E-state index in [1.165, 1.54) is 12.1 Å². The number of carbonyl (C=O) groups excluding carboxylic acids is 1. The van der Waals surface area contributed by atoms with Crippen molar-refractivity contribution in [3.8, 4) is 0 Å². The predicted molar refractivity (Wildman–Crippen MR) is 73.5 cm³/mol. The number of likely N-dealkylation sites (tertiary alicyclic amines) is 1. The maximum absolute atomic E-state index is 12.2. The van der Waals surface area contributed by atoms with Gasteiger partial charge in [-0.25, -0.2) is 4.79 Å². The summed E-state index contributed by atoms with van der Waals surface area (Å²) in [7, 11) is 0. The Kier molecular flexibility index (Phi) is 3.27. The summed E-state index contributed by atoms with van der Waals surface area (Å²) in [5.74, 6) is 1.07. The Labute approximate surface area is 116 Å². The highest BCUT2D eigenvalue weighted by Gasteiger charge is 2.38. The van der Waals surface area contributed by atoms with Crippen LogP contribution in [0, 0.1) is 22.0 Å². The summed E-state index contributed by atoms with van der Waals surface area (Å²) in [6.45, 7) is 3.42. The lowest BCUT2D eigenvalue weighted by Crippen LogP contribution is -2.35. The lowest BCUT2D eigenvalue weighted by atomic mass is 10.0. The molecule has 0 aliphatic carbocycles. The zero-order valence-corrected chi connectivity index (χ0v) is 10.9. The quantitative estimate of drug-likeness (QED) is 0.629. The standard InChI is InChI=1S/C13H16N4O3/c18-13(16-7-9-5-14-6-10(9)8-16)15-11-2-1-3-12(4-11)17(19)20/h1-4,9-10,14H,5-8H2,(H,15,18)/t9-,10+. The van der Waals surface area contributed by atoms with Crippen LogP contribution in [0.2, 0.25) is 0 Å². The fourth-order valence-corrected chi connectivity index (χ4v) is 2.92. The van der Waals surface area contributed by atoms with Gasteiger partial charge in [0.1, 0.15) is 0 Å². The van der Waals surface area contributed by atoms with Gasteiger partial charge in [-0.3, -0.25) is 10.1 Å². The minimum absolute atomic E-state index is 0.0229. The van der Waals surface area contributed by atoms with E-state index in [0.29, 0.717) is 17.5 Å². The first-order valence-corrected chi connectivity index (χ1v) is 6.64. The number of fused-ring (bicyclic) bond motifs is 1. The third-order valence-corrected chi connectivity index (χ3v) is 3.98. The van der Waals surface area contributed by atoms with Crippen LogP contribution in [0.5, 0.6) is 0 Å². The van der Waals surface area contributed by atoms with Gasteiger partial charge in [-0.1, -0.05) is 6.07 Å². The molecule has 7 heteroatoms. The minimum Gasteiger partial charge on any atom is -0.324 e. The van der Waals surface area contributed by atoms with Crippen LogP contribution in [0.4, 0.5) is 16.2 Å². The van der Waals surface area contributed by atoms with Crippen molar-refractivity contribution >= 4 is 17.4 Å². The van der Waals surface area contributed by atoms with Crippen LogP contribution in [0.3, 0.4) is 0 Å². The lowest BCUT2D eigenvalue weighted by Gasteiger charge is -2.18. The lowest BCUT2D eigenvalue weighted by molar-refractivity contribution is -0.384. The van der Waals surface area contributed by atoms with Gasteiger partial charge in [-0.05, 0) is 17.9 Å². The highest BCUT2D eigenvalue weighted by Crippen LogP contribution is 2.27. The SMILES string of the molecule is O=C(Nc1cccc([N+](=O)[O-])c1)N1C[C@H]2CNC[C@H]2C1. The zero-order valence-electron chi connectivity index (χ0n) is 10.9. The molecule has 0 saturated carbocycles. The van der Waals surface area contributed by atoms with E-state index in [1.807, 2.05) is 0 Å². The fraction of sp³-hybridized carbons (Fsp3) is 0.462. The van der Waals surface area contributed by atoms with E-state index in [2.05, 4.69) is 10.6 Å². The molecule has 20 heavy (non-hydrogen) atoms. The van der Waals surface area contributed by atoms with Gasteiger partial charge in [0.2, 0.25) is 0 Å². The maximum Gasteiger partial charge on any atom is 0.321 e. The fourth-order valence-electron chi connectivity index (χ4n) is 2.92. The number of nitro benzene ring substituents is 1. The second-order valence-corrected chi connectivity index (χ2v) is 5.32. The smallest absolute Gasteiger partial charge is 0.321 e. The van der Waals surface area contributed by atoms with E-state index >= 15 is 0 Å². The molecule has 2 aliphatic heterocycles. The van der Waals surface area contributed by atoms with Crippen molar-refractivity contribution < 1.29 is 9.72 Å². The van der Waals surface area contributed by atoms with Crippen molar-refractivity contribution in [1.82, 2.24) is 10.2 Å². The molecule has 2 heterocycles. The molecular weight excluding hydrogens is 260 g/mol. The summed E-state index contributed by atoms with van der Waals surface area (Å²) in [4.78, 5) is 24.2. The number of hydrogen-bond acceptors (Lipinski definition) is 4. The molecule has 1 aromatic rings. The normalized spacial score (nSPS) is 24.5. The number of anilines is 1. The number of nitro groups is 1. The number of rotatable bonds is 2. The number of urea groups is 1. The van der Waals surface area contributed by atoms with E-state index in [9.17, 15) is 14.9 Å². The first-order valence-electron chi connectivity index (χ1n) is 6.64. The minimum atomic E-state index is -0.471. The number of benzene rings is 1. The summed E-state index contributed by atoms with van der Waals surface area (Å²) in [5.41, 5.74) is 0.435. The summed E-state index contributed by atoms with van der Waals surface area (Å²) < 4.78 is 0. The summed E-state index contributed by atoms with van der Waals surface area (Å²) >= 11 is 0. The van der Waals surface area contributed by atoms with Crippen LogP contribution in [0.25, 0.3) is 0 Å². The molecule has 7 nitrogen and oxygen atoms in total. The summed E-state index contributed by atoms with van der Waals surface area (Å²) in [6.07, 6.45) is 0. The van der Waals surface area contributed by atoms with Crippen LogP contribution >= 0.6 is 0 Å². The van der Waals surface area contributed by atoms with Gasteiger partial charge in [-0.15, -0.1) is 0 Å². The molecule has 0 aromatic heterocycles. The molecule has 2 aliphatic rings. The van der Waals surface area contributed by atoms with Gasteiger partial charge in [0, 0.05) is 44.0 Å². The Morgan fingerprint density at radius 1 is 1.35 bits per heavy atom. The Hall–Kier alpha value is -2.15. The molecule has 0 spiro atoms. The molecule has 106 valence electrons. The second kappa shape index (κ2) is 5.09. The van der Waals surface area contributed by atoms with Crippen molar-refractivity contribution in [1.29, 1.82) is 0 Å². The average molecular weight is 276 g/mol. The van der Waals surface area contributed by atoms with Crippen LogP contribution in [0.1, 0.15) is 0 Å². The van der Waals surface area contributed by atoms with E-state index in [0.717, 1.165) is 26.2 Å². The summed E-state index contributed by atoms with van der Waals surface area (Å²) in [6, 6.07) is 5.82. The molecule has 2 saturated heterocycles. The average Bonchev–Trinajstić information content (AvgIpc) is 2.99. The number of nitrogens with one attached hydrogen (secondary N) is 2. The molecule has 3 rings (SSSR count). The van der Waals surface area contributed by atoms with Crippen molar-refractivity contribution in [2.75, 3.05) is 31.5 Å². The van der Waals surface area contributed by atoms with E-state index in [-0.39, 0.29) is 11.7 Å². The molecule has 0 radical (unpaired) electrons. The molecule has 0 unspecified atom stereocenters. The number of carbonyl (C=O) groups is 1. The van der Waals surface area contributed by atoms with Crippen molar-refractivity contribution in [2.24, 2.45) is 11.8 Å². The number of non-ortho nitro benzene ring substituents is 1. The Morgan fingerprint density at radius 2 is 2.05 bits per heavy atom. The third-order valence-electron chi connectivity index (χ3n) is 3.98. The Morgan fingerprint density at radius 3 is 2.70 bits per heavy atom. The topological polar surface area (TPSA) is 87.5 Å². The highest BCUT2D eigenvalue weighted by molar-refractivity contribution is 5.89. The Balaban J connectivity index is 1.64. The van der Waals surface area contributed by atoms with Gasteiger partial charge in [-0.2, -0.15) is 0 Å². The largest absolute Gasteiger partial charge is 0.324 e. The van der Waals surface area contributed by atoms with Crippen LogP contribution in [-0.4, -0.2) is 42.0 Å². The van der Waals surface area contributed by atoms with Gasteiger partial charge in [0.25, 0.3) is 5.69 Å². The first kappa shape index (κ1) is 12.9. The molecule has 2 atom stereocenters. The molecule has 2 amide bonds. The second-order valence-electron chi connectivity index (χ2n) is 5.32. The van der Waals surface area contributed by atoms with E-state index in [1.54, 1.807) is 17.0 Å². The number of hydrogen-bond donors (Lipinski definition) is 2. The monoisotopic (exact) mass is 276 g/mol. The molecule has 2 fully saturated rings. The van der Waals surface area contributed by atoms with Crippen molar-refractivity contribution in [3.05, 3.63) is 34.4 Å². The first-order chi connectivity index (χ1) is 9.63. The molecule has 1 aromatic carbocycles. The van der Waals surface area contributed by atoms with E-state index < -0.39 is 4.92 Å². The zero-order chi connectivity index (χ0) is 14.1. The molecular formula is C13H16N4O3. The van der Waals surface area contributed by atoms with Crippen LogP contribution in [-0.2, 0) is 0 Å². The van der Waals surface area contributed by atoms with Crippen LogP contribution < -0.4 is 10.6 Å². The molecule has 2 N–H and O–H groups in total. The van der Waals surface area contributed by atoms with Gasteiger partial charge < -0.3 is 15.5 Å². The van der Waals surface area contributed by atoms with E-state index in [4.69, 9.17) is 0 Å². The number of amides is 2. The predicted octanol–water partition coefficient (Wildman–Crippen LogP) is 1.28. The summed E-state index contributed by atoms with van der Waals surface area (Å²) in [5, 5.41) is 16.8. The van der Waals surface area contributed by atoms with Crippen molar-refractivity contribution in [2.45, 2.75) is 0 Å². The third kappa shape index (κ3) is 2.44. The van der Waals surface area contributed by atoms with Gasteiger partial charge in [0.05, 0.1) is 4.92 Å². The maximum atomic E-state index is 12.2. The van der Waals surface area contributed by atoms with Gasteiger partial charge in [0.15, 0.2) is 0 Å². The van der Waals surface area contributed by atoms with Crippen LogP contribution in [0.15, 0.2) is 24.3 Å². The van der Waals surface area contributed by atoms with Crippen molar-refractivity contribution in [3.63, 3.8) is 0 Å². The number of nitrogens with zero attached hydrogens (tertiary/aromatic N) is 2.